The number of benzene rings is 1. The van der Waals surface area contributed by atoms with E-state index in [1.165, 1.54) is 6.07 Å². The van der Waals surface area contributed by atoms with Gasteiger partial charge in [0, 0.05) is 6.20 Å². The average molecular weight is 300 g/mol. The van der Waals surface area contributed by atoms with Gasteiger partial charge in [-0.15, -0.1) is 0 Å². The number of carbonyl (C=O) groups is 3. The first-order valence-corrected chi connectivity index (χ1v) is 5.96. The van der Waals surface area contributed by atoms with Gasteiger partial charge in [0.1, 0.15) is 5.69 Å². The van der Waals surface area contributed by atoms with Gasteiger partial charge in [-0.2, -0.15) is 0 Å². The standard InChI is InChI=1S/C13H7N3O6/c17-9-8(4-14-13(22)15-9)16-10(18)6-2-1-5(12(20)21)3-7(6)11(16)19/h1-4H,(H,20,21)(H2,14,15,17,22)/p-1. The van der Waals surface area contributed by atoms with Gasteiger partial charge >= 0.3 is 5.69 Å². The quantitative estimate of drug-likeness (QED) is 0.628. The van der Waals surface area contributed by atoms with Crippen molar-refractivity contribution in [1.82, 2.24) is 9.97 Å². The van der Waals surface area contributed by atoms with E-state index in [1.807, 2.05) is 4.98 Å². The van der Waals surface area contributed by atoms with Crippen LogP contribution < -0.4 is 21.3 Å². The van der Waals surface area contributed by atoms with Crippen LogP contribution in [-0.4, -0.2) is 27.8 Å². The molecule has 2 aromatic rings. The summed E-state index contributed by atoms with van der Waals surface area (Å²) in [6.45, 7) is 0. The largest absolute Gasteiger partial charge is 0.545 e. The number of aromatic carboxylic acids is 1. The van der Waals surface area contributed by atoms with Crippen molar-refractivity contribution in [2.45, 2.75) is 0 Å². The summed E-state index contributed by atoms with van der Waals surface area (Å²) in [4.78, 5) is 62.6. The molecule has 3 rings (SSSR count). The zero-order valence-corrected chi connectivity index (χ0v) is 10.7. The molecule has 110 valence electrons. The number of carbonyl (C=O) groups excluding carboxylic acids is 3. The monoisotopic (exact) mass is 300 g/mol. The Hall–Kier alpha value is -3.49. The fraction of sp³-hybridized carbons (Fsp3) is 0. The third kappa shape index (κ3) is 1.84. The summed E-state index contributed by atoms with van der Waals surface area (Å²) in [7, 11) is 0. The molecule has 9 nitrogen and oxygen atoms in total. The number of hydrogen-bond acceptors (Lipinski definition) is 6. The van der Waals surface area contributed by atoms with E-state index in [-0.39, 0.29) is 22.4 Å². The van der Waals surface area contributed by atoms with Crippen molar-refractivity contribution in [3.05, 3.63) is 61.9 Å². The molecular weight excluding hydrogens is 294 g/mol. The van der Waals surface area contributed by atoms with E-state index in [0.29, 0.717) is 4.90 Å². The predicted octanol–water partition coefficient (Wildman–Crippen LogP) is -1.77. The highest BCUT2D eigenvalue weighted by Gasteiger charge is 2.38. The number of nitrogens with one attached hydrogen (secondary N) is 2. The highest BCUT2D eigenvalue weighted by Crippen LogP contribution is 2.26. The molecule has 1 aliphatic rings. The van der Waals surface area contributed by atoms with Crippen LogP contribution in [-0.2, 0) is 0 Å². The van der Waals surface area contributed by atoms with Crippen molar-refractivity contribution < 1.29 is 19.5 Å². The predicted molar refractivity (Wildman–Crippen MR) is 69.6 cm³/mol. The lowest BCUT2D eigenvalue weighted by atomic mass is 10.1. The van der Waals surface area contributed by atoms with E-state index in [2.05, 4.69) is 4.98 Å². The Morgan fingerprint density at radius 3 is 2.36 bits per heavy atom. The topological polar surface area (TPSA) is 143 Å². The van der Waals surface area contributed by atoms with Gasteiger partial charge in [0.25, 0.3) is 17.4 Å². The maximum atomic E-state index is 12.3. The Morgan fingerprint density at radius 1 is 1.05 bits per heavy atom. The average Bonchev–Trinajstić information content (AvgIpc) is 2.71. The van der Waals surface area contributed by atoms with Crippen molar-refractivity contribution in [3.8, 4) is 0 Å². The second-order valence-corrected chi connectivity index (χ2v) is 4.45. The summed E-state index contributed by atoms with van der Waals surface area (Å²) in [5.74, 6) is -3.15. The fourth-order valence-electron chi connectivity index (χ4n) is 2.16. The van der Waals surface area contributed by atoms with Crippen LogP contribution in [0.4, 0.5) is 5.69 Å². The van der Waals surface area contributed by atoms with Crippen LogP contribution in [0.15, 0.2) is 34.0 Å². The van der Waals surface area contributed by atoms with Crippen LogP contribution >= 0.6 is 0 Å². The molecule has 1 aromatic heterocycles. The summed E-state index contributed by atoms with van der Waals surface area (Å²) in [5.41, 5.74) is -2.53. The molecule has 9 heteroatoms. The number of hydrogen-bond donors (Lipinski definition) is 2. The zero-order chi connectivity index (χ0) is 16.0. The van der Waals surface area contributed by atoms with Gasteiger partial charge < -0.3 is 14.9 Å². The molecule has 0 atom stereocenters. The molecule has 0 radical (unpaired) electrons. The van der Waals surface area contributed by atoms with Crippen molar-refractivity contribution in [1.29, 1.82) is 0 Å². The molecule has 2 amide bonds. The van der Waals surface area contributed by atoms with Gasteiger partial charge in [0.15, 0.2) is 0 Å². The SMILES string of the molecule is O=C([O-])c1ccc2c(c1)C(=O)N(c1c[nH]c(=O)[nH]c1=O)C2=O. The first kappa shape index (κ1) is 13.5. The van der Waals surface area contributed by atoms with Crippen LogP contribution in [0.3, 0.4) is 0 Å². The van der Waals surface area contributed by atoms with Gasteiger partial charge in [-0.1, -0.05) is 6.07 Å². The highest BCUT2D eigenvalue weighted by atomic mass is 16.4. The lowest BCUT2D eigenvalue weighted by Crippen LogP contribution is -2.36. The van der Waals surface area contributed by atoms with E-state index in [4.69, 9.17) is 0 Å². The van der Waals surface area contributed by atoms with Crippen molar-refractivity contribution in [3.63, 3.8) is 0 Å². The molecule has 0 saturated carbocycles. The molecule has 0 saturated heterocycles. The number of rotatable bonds is 2. The number of amides is 2. The second kappa shape index (κ2) is 4.52. The number of aromatic nitrogens is 2. The van der Waals surface area contributed by atoms with Crippen LogP contribution in [0.5, 0.6) is 0 Å². The Balaban J connectivity index is 2.16. The highest BCUT2D eigenvalue weighted by molar-refractivity contribution is 6.34. The number of fused-ring (bicyclic) bond motifs is 1. The third-order valence-corrected chi connectivity index (χ3v) is 3.16. The van der Waals surface area contributed by atoms with Gasteiger partial charge in [-0.3, -0.25) is 19.4 Å². The minimum absolute atomic E-state index is 0.0411. The Bertz CT molecular complexity index is 955. The van der Waals surface area contributed by atoms with Crippen LogP contribution in [0.25, 0.3) is 0 Å². The Labute approximate surface area is 120 Å². The molecule has 22 heavy (non-hydrogen) atoms. The van der Waals surface area contributed by atoms with Crippen molar-refractivity contribution in [2.24, 2.45) is 0 Å². The summed E-state index contributed by atoms with van der Waals surface area (Å²) in [5, 5.41) is 10.8. The molecule has 2 heterocycles. The van der Waals surface area contributed by atoms with Crippen molar-refractivity contribution in [2.75, 3.05) is 4.90 Å². The van der Waals surface area contributed by atoms with Crippen LogP contribution in [0.2, 0.25) is 0 Å². The Kier molecular flexibility index (Phi) is 2.77. The van der Waals surface area contributed by atoms with Gasteiger partial charge in [-0.25, -0.2) is 9.69 Å². The number of nitrogens with zero attached hydrogens (tertiary/aromatic N) is 1. The number of anilines is 1. The molecule has 0 aliphatic carbocycles. The molecule has 1 aliphatic heterocycles. The molecule has 0 unspecified atom stereocenters. The normalized spacial score (nSPS) is 13.4. The Morgan fingerprint density at radius 2 is 1.73 bits per heavy atom. The van der Waals surface area contributed by atoms with Gasteiger partial charge in [0.05, 0.1) is 17.1 Å². The molecule has 1 aromatic carbocycles. The van der Waals surface area contributed by atoms with Crippen molar-refractivity contribution >= 4 is 23.5 Å². The van der Waals surface area contributed by atoms with Gasteiger partial charge in [-0.05, 0) is 17.7 Å². The first-order chi connectivity index (χ1) is 10.4. The lowest BCUT2D eigenvalue weighted by molar-refractivity contribution is -0.255. The first-order valence-electron chi connectivity index (χ1n) is 5.96. The summed E-state index contributed by atoms with van der Waals surface area (Å²) in [6.07, 6.45) is 0.933. The number of imide groups is 1. The van der Waals surface area contributed by atoms with E-state index < -0.39 is 29.0 Å². The lowest BCUT2D eigenvalue weighted by Gasteiger charge is -2.11. The van der Waals surface area contributed by atoms with E-state index in [1.54, 1.807) is 0 Å². The molecular formula is C13H6N3O6-. The smallest absolute Gasteiger partial charge is 0.325 e. The molecule has 2 N–H and O–H groups in total. The number of carboxylic acids is 1. The number of carboxylic acid groups (broad SMARTS) is 1. The van der Waals surface area contributed by atoms with Gasteiger partial charge in [0.2, 0.25) is 0 Å². The molecule has 0 fully saturated rings. The van der Waals surface area contributed by atoms with E-state index in [0.717, 1.165) is 18.3 Å². The van der Waals surface area contributed by atoms with E-state index in [9.17, 15) is 29.1 Å². The van der Waals surface area contributed by atoms with E-state index >= 15 is 0 Å². The number of aromatic amines is 2. The summed E-state index contributed by atoms with van der Waals surface area (Å²) < 4.78 is 0. The minimum atomic E-state index is -1.50. The number of H-pyrrole nitrogens is 2. The maximum absolute atomic E-state index is 12.3. The second-order valence-electron chi connectivity index (χ2n) is 4.45. The fourth-order valence-corrected chi connectivity index (χ4v) is 2.16. The minimum Gasteiger partial charge on any atom is -0.545 e. The van der Waals surface area contributed by atoms with Crippen LogP contribution in [0, 0.1) is 0 Å². The third-order valence-electron chi connectivity index (χ3n) is 3.16. The summed E-state index contributed by atoms with van der Waals surface area (Å²) >= 11 is 0. The zero-order valence-electron chi connectivity index (χ0n) is 10.7. The molecule has 0 bridgehead atoms. The maximum Gasteiger partial charge on any atom is 0.325 e. The summed E-state index contributed by atoms with van der Waals surface area (Å²) in [6, 6.07) is 3.30. The van der Waals surface area contributed by atoms with Crippen LogP contribution in [0.1, 0.15) is 31.1 Å². The molecule has 0 spiro atoms.